The molecule has 0 heterocycles. The molecule has 0 aromatic rings. The van der Waals surface area contributed by atoms with Crippen molar-refractivity contribution in [1.82, 2.24) is 0 Å². The fourth-order valence-corrected chi connectivity index (χ4v) is 6.01. The number of hydrogen-bond donors (Lipinski definition) is 2. The Hall–Kier alpha value is -0.160. The summed E-state index contributed by atoms with van der Waals surface area (Å²) in [5.41, 5.74) is -0.860. The lowest BCUT2D eigenvalue weighted by molar-refractivity contribution is -0.195. The van der Waals surface area contributed by atoms with E-state index in [0.29, 0.717) is 23.7 Å². The molecule has 2 N–H and O–H groups in total. The van der Waals surface area contributed by atoms with Crippen molar-refractivity contribution in [2.45, 2.75) is 49.6 Å². The van der Waals surface area contributed by atoms with Gasteiger partial charge in [0, 0.05) is 20.6 Å². The molecule has 0 radical (unpaired) electrons. The molecule has 4 fully saturated rings. The van der Waals surface area contributed by atoms with Crippen molar-refractivity contribution in [1.29, 1.82) is 0 Å². The molecular weight excluding hydrogens is 244 g/mol. The van der Waals surface area contributed by atoms with E-state index < -0.39 is 5.60 Å². The minimum atomic E-state index is -0.589. The Balaban J connectivity index is 1.62. The maximum Gasteiger partial charge on any atom is 0.0999 e. The lowest BCUT2D eigenvalue weighted by atomic mass is 9.47. The Morgan fingerprint density at radius 3 is 2.58 bits per heavy atom. The maximum absolute atomic E-state index is 10.8. The van der Waals surface area contributed by atoms with E-state index in [1.165, 1.54) is 0 Å². The molecule has 4 nitrogen and oxygen atoms in total. The molecular formula is C15H24O4. The molecule has 19 heavy (non-hydrogen) atoms. The van der Waals surface area contributed by atoms with E-state index in [2.05, 4.69) is 6.92 Å². The Bertz CT molecular complexity index is 413. The molecule has 4 saturated carbocycles. The van der Waals surface area contributed by atoms with Gasteiger partial charge in [-0.25, -0.2) is 0 Å². The summed E-state index contributed by atoms with van der Waals surface area (Å²) in [5, 5.41) is 21.2. The van der Waals surface area contributed by atoms with Gasteiger partial charge in [0.25, 0.3) is 0 Å². The first kappa shape index (κ1) is 12.6. The van der Waals surface area contributed by atoms with Gasteiger partial charge in [0.2, 0.25) is 0 Å². The summed E-state index contributed by atoms with van der Waals surface area (Å²) in [7, 11) is 3.40. The number of methoxy groups -OCH3 is 2. The summed E-state index contributed by atoms with van der Waals surface area (Å²) in [4.78, 5) is 0. The summed E-state index contributed by atoms with van der Waals surface area (Å²) < 4.78 is 11.1. The normalized spacial score (nSPS) is 65.8. The van der Waals surface area contributed by atoms with Crippen molar-refractivity contribution in [2.75, 3.05) is 14.2 Å². The van der Waals surface area contributed by atoms with Gasteiger partial charge < -0.3 is 19.7 Å². The largest absolute Gasteiger partial charge is 0.390 e. The molecule has 4 rings (SSSR count). The smallest absolute Gasteiger partial charge is 0.0999 e. The molecule has 0 aromatic carbocycles. The molecule has 0 aliphatic heterocycles. The van der Waals surface area contributed by atoms with Crippen molar-refractivity contribution >= 4 is 0 Å². The molecule has 4 aliphatic carbocycles. The Morgan fingerprint density at radius 2 is 1.95 bits per heavy atom. The molecule has 4 aliphatic rings. The van der Waals surface area contributed by atoms with Crippen LogP contribution in [0.15, 0.2) is 0 Å². The van der Waals surface area contributed by atoms with Crippen molar-refractivity contribution in [3.63, 3.8) is 0 Å². The summed E-state index contributed by atoms with van der Waals surface area (Å²) >= 11 is 0. The quantitative estimate of drug-likeness (QED) is 0.778. The van der Waals surface area contributed by atoms with Crippen molar-refractivity contribution < 1.29 is 19.7 Å². The predicted molar refractivity (Wildman–Crippen MR) is 68.5 cm³/mol. The van der Waals surface area contributed by atoms with Crippen LogP contribution in [0.1, 0.15) is 26.2 Å². The average Bonchev–Trinajstić information content (AvgIpc) is 2.90. The second-order valence-electron chi connectivity index (χ2n) is 7.29. The summed E-state index contributed by atoms with van der Waals surface area (Å²) in [6.45, 7) is 2.14. The number of ether oxygens (including phenoxy) is 2. The second-order valence-corrected chi connectivity index (χ2v) is 7.29. The van der Waals surface area contributed by atoms with E-state index >= 15 is 0 Å². The summed E-state index contributed by atoms with van der Waals surface area (Å²) in [6.07, 6.45) is 2.22. The number of rotatable bonds is 2. The van der Waals surface area contributed by atoms with Gasteiger partial charge in [-0.15, -0.1) is 0 Å². The zero-order valence-electron chi connectivity index (χ0n) is 11.9. The number of fused-ring (bicyclic) bond motifs is 6. The highest BCUT2D eigenvalue weighted by Crippen LogP contribution is 2.77. The number of aliphatic hydroxyl groups excluding tert-OH is 1. The maximum atomic E-state index is 10.8. The van der Waals surface area contributed by atoms with Crippen molar-refractivity contribution in [3.8, 4) is 0 Å². The standard InChI is InChI=1S/C15H24O4/c1-7-11-8(4-10(18-2)13(7)16)12-9(11)5-14(19-3)6-15(12,14)17/h7-13,16-17H,4-6H2,1-3H3. The monoisotopic (exact) mass is 268 g/mol. The van der Waals surface area contributed by atoms with Crippen LogP contribution in [0.2, 0.25) is 0 Å². The Kier molecular flexibility index (Phi) is 2.34. The molecule has 0 aromatic heterocycles. The zero-order valence-corrected chi connectivity index (χ0v) is 11.9. The minimum Gasteiger partial charge on any atom is -0.390 e. The lowest BCUT2D eigenvalue weighted by Gasteiger charge is -2.59. The van der Waals surface area contributed by atoms with E-state index in [-0.39, 0.29) is 23.7 Å². The average molecular weight is 268 g/mol. The van der Waals surface area contributed by atoms with Crippen LogP contribution < -0.4 is 0 Å². The molecule has 108 valence electrons. The Labute approximate surface area is 114 Å². The first-order valence-corrected chi connectivity index (χ1v) is 7.47. The third kappa shape index (κ3) is 1.21. The minimum absolute atomic E-state index is 0.0721. The van der Waals surface area contributed by atoms with E-state index in [9.17, 15) is 10.2 Å². The zero-order chi connectivity index (χ0) is 13.6. The lowest BCUT2D eigenvalue weighted by Crippen LogP contribution is -2.61. The molecule has 0 amide bonds. The number of aliphatic hydroxyl groups is 2. The van der Waals surface area contributed by atoms with Crippen LogP contribution in [0.25, 0.3) is 0 Å². The Morgan fingerprint density at radius 1 is 1.21 bits per heavy atom. The van der Waals surface area contributed by atoms with Gasteiger partial charge in [0.1, 0.15) is 0 Å². The molecule has 0 bridgehead atoms. The van der Waals surface area contributed by atoms with Gasteiger partial charge in [-0.2, -0.15) is 0 Å². The third-order valence-corrected chi connectivity index (χ3v) is 6.97. The van der Waals surface area contributed by atoms with E-state index in [1.54, 1.807) is 14.2 Å². The fraction of sp³-hybridized carbons (Fsp3) is 1.00. The summed E-state index contributed by atoms with van der Waals surface area (Å²) in [6, 6.07) is 0. The van der Waals surface area contributed by atoms with Crippen LogP contribution in [0.5, 0.6) is 0 Å². The molecule has 0 saturated heterocycles. The van der Waals surface area contributed by atoms with Gasteiger partial charge in [-0.05, 0) is 42.4 Å². The van der Waals surface area contributed by atoms with Crippen LogP contribution in [0.4, 0.5) is 0 Å². The molecule has 9 atom stereocenters. The fourth-order valence-electron chi connectivity index (χ4n) is 6.01. The molecule has 9 unspecified atom stereocenters. The predicted octanol–water partition coefficient (Wildman–Crippen LogP) is 0.804. The SMILES string of the molecule is COC1CC2C(C(C)C1O)C1CC3(OC)CC3(O)C21. The van der Waals surface area contributed by atoms with Crippen LogP contribution >= 0.6 is 0 Å². The van der Waals surface area contributed by atoms with Gasteiger partial charge in [-0.1, -0.05) is 6.92 Å². The highest BCUT2D eigenvalue weighted by Gasteiger charge is 2.84. The van der Waals surface area contributed by atoms with E-state index in [1.807, 2.05) is 0 Å². The van der Waals surface area contributed by atoms with Gasteiger partial charge >= 0.3 is 0 Å². The highest BCUT2D eigenvalue weighted by molar-refractivity contribution is 5.34. The first-order chi connectivity index (χ1) is 8.99. The van der Waals surface area contributed by atoms with E-state index in [0.717, 1.165) is 19.3 Å². The highest BCUT2D eigenvalue weighted by atomic mass is 16.5. The third-order valence-electron chi connectivity index (χ3n) is 6.97. The second kappa shape index (κ2) is 3.53. The van der Waals surface area contributed by atoms with Crippen LogP contribution in [-0.4, -0.2) is 47.8 Å². The van der Waals surface area contributed by atoms with Crippen LogP contribution in [0.3, 0.4) is 0 Å². The van der Waals surface area contributed by atoms with Crippen LogP contribution in [0, 0.1) is 29.6 Å². The van der Waals surface area contributed by atoms with Crippen LogP contribution in [-0.2, 0) is 9.47 Å². The topological polar surface area (TPSA) is 58.9 Å². The number of hydrogen-bond acceptors (Lipinski definition) is 4. The molecule has 4 heteroatoms. The summed E-state index contributed by atoms with van der Waals surface area (Å²) in [5.74, 6) is 2.20. The molecule has 0 spiro atoms. The van der Waals surface area contributed by atoms with Gasteiger partial charge in [0.05, 0.1) is 23.4 Å². The van der Waals surface area contributed by atoms with Crippen molar-refractivity contribution in [2.24, 2.45) is 29.6 Å². The van der Waals surface area contributed by atoms with E-state index in [4.69, 9.17) is 9.47 Å². The van der Waals surface area contributed by atoms with Gasteiger partial charge in [0.15, 0.2) is 0 Å². The van der Waals surface area contributed by atoms with Crippen molar-refractivity contribution in [3.05, 3.63) is 0 Å². The van der Waals surface area contributed by atoms with Gasteiger partial charge in [-0.3, -0.25) is 0 Å². The first-order valence-electron chi connectivity index (χ1n) is 7.47.